The molecule has 0 amide bonds. The van der Waals surface area contributed by atoms with Crippen molar-refractivity contribution in [1.29, 1.82) is 0 Å². The molecular weight excluding hydrogens is 203 g/mol. The Balaban J connectivity index is 2.51. The van der Waals surface area contributed by atoms with Crippen molar-refractivity contribution in [3.63, 3.8) is 0 Å². The standard InChI is InChI=1S/C11H12ClFO/c1-7-5-8(13)6-9(10(7)12)11(14)3-2-4-11/h5-6,14H,2-4H2,1H3. The van der Waals surface area contributed by atoms with Gasteiger partial charge in [0.15, 0.2) is 0 Å². The third-order valence-electron chi connectivity index (χ3n) is 2.90. The summed E-state index contributed by atoms with van der Waals surface area (Å²) in [5.74, 6) is -0.331. The highest BCUT2D eigenvalue weighted by Gasteiger charge is 2.38. The SMILES string of the molecule is Cc1cc(F)cc(C2(O)CCC2)c1Cl. The first-order valence-corrected chi connectivity index (χ1v) is 5.09. The Morgan fingerprint density at radius 2 is 2.07 bits per heavy atom. The monoisotopic (exact) mass is 214 g/mol. The molecule has 0 saturated heterocycles. The van der Waals surface area contributed by atoms with Gasteiger partial charge >= 0.3 is 0 Å². The summed E-state index contributed by atoms with van der Waals surface area (Å²) in [4.78, 5) is 0. The minimum absolute atomic E-state index is 0.331. The molecule has 76 valence electrons. The predicted octanol–water partition coefficient (Wildman–Crippen LogP) is 3.16. The van der Waals surface area contributed by atoms with Gasteiger partial charge in [-0.3, -0.25) is 0 Å². The van der Waals surface area contributed by atoms with Crippen LogP contribution >= 0.6 is 11.6 Å². The summed E-state index contributed by atoms with van der Waals surface area (Å²) in [6.07, 6.45) is 2.33. The van der Waals surface area contributed by atoms with Gasteiger partial charge in [-0.05, 0) is 43.9 Å². The van der Waals surface area contributed by atoms with Crippen LogP contribution in [0.3, 0.4) is 0 Å². The van der Waals surface area contributed by atoms with Crippen molar-refractivity contribution >= 4 is 11.6 Å². The molecule has 0 radical (unpaired) electrons. The zero-order valence-corrected chi connectivity index (χ0v) is 8.74. The number of hydrogen-bond acceptors (Lipinski definition) is 1. The molecule has 0 bridgehead atoms. The van der Waals surface area contributed by atoms with Crippen LogP contribution in [0.15, 0.2) is 12.1 Å². The lowest BCUT2D eigenvalue weighted by atomic mass is 9.75. The fourth-order valence-corrected chi connectivity index (χ4v) is 2.13. The van der Waals surface area contributed by atoms with Crippen LogP contribution in [-0.2, 0) is 5.60 Å². The van der Waals surface area contributed by atoms with Crippen molar-refractivity contribution in [2.24, 2.45) is 0 Å². The summed E-state index contributed by atoms with van der Waals surface area (Å²) in [7, 11) is 0. The van der Waals surface area contributed by atoms with Crippen LogP contribution in [0.25, 0.3) is 0 Å². The molecule has 0 aliphatic heterocycles. The average Bonchev–Trinajstić information content (AvgIpc) is 2.07. The Bertz CT molecular complexity index is 372. The van der Waals surface area contributed by atoms with Gasteiger partial charge in [0.25, 0.3) is 0 Å². The fraction of sp³-hybridized carbons (Fsp3) is 0.455. The molecule has 0 aromatic heterocycles. The Morgan fingerprint density at radius 3 is 2.57 bits per heavy atom. The van der Waals surface area contributed by atoms with E-state index in [0.717, 1.165) is 6.42 Å². The molecule has 14 heavy (non-hydrogen) atoms. The summed E-state index contributed by atoms with van der Waals surface area (Å²) in [6.45, 7) is 1.75. The second-order valence-electron chi connectivity index (χ2n) is 3.97. The Hall–Kier alpha value is -0.600. The zero-order chi connectivity index (χ0) is 10.3. The number of hydrogen-bond donors (Lipinski definition) is 1. The molecule has 2 rings (SSSR count). The summed E-state index contributed by atoms with van der Waals surface area (Å²) in [6, 6.07) is 2.72. The Labute approximate surface area is 87.5 Å². The van der Waals surface area contributed by atoms with Crippen molar-refractivity contribution < 1.29 is 9.50 Å². The van der Waals surface area contributed by atoms with E-state index in [1.165, 1.54) is 12.1 Å². The largest absolute Gasteiger partial charge is 0.385 e. The van der Waals surface area contributed by atoms with Gasteiger partial charge in [0.2, 0.25) is 0 Å². The Morgan fingerprint density at radius 1 is 1.43 bits per heavy atom. The number of rotatable bonds is 1. The maximum atomic E-state index is 13.1. The van der Waals surface area contributed by atoms with E-state index in [4.69, 9.17) is 11.6 Å². The minimum Gasteiger partial charge on any atom is -0.385 e. The van der Waals surface area contributed by atoms with Gasteiger partial charge in [-0.1, -0.05) is 11.6 Å². The maximum Gasteiger partial charge on any atom is 0.123 e. The van der Waals surface area contributed by atoms with Crippen molar-refractivity contribution in [1.82, 2.24) is 0 Å². The molecule has 1 fully saturated rings. The molecule has 0 atom stereocenters. The molecule has 1 aliphatic rings. The van der Waals surface area contributed by atoms with Gasteiger partial charge in [0.1, 0.15) is 5.82 Å². The number of aryl methyl sites for hydroxylation is 1. The fourth-order valence-electron chi connectivity index (χ4n) is 1.85. The van der Waals surface area contributed by atoms with E-state index >= 15 is 0 Å². The number of halogens is 2. The second-order valence-corrected chi connectivity index (χ2v) is 4.35. The van der Waals surface area contributed by atoms with Gasteiger partial charge < -0.3 is 5.11 Å². The minimum atomic E-state index is -0.885. The smallest absolute Gasteiger partial charge is 0.123 e. The lowest BCUT2D eigenvalue weighted by molar-refractivity contribution is -0.0389. The first-order chi connectivity index (χ1) is 6.53. The van der Waals surface area contributed by atoms with E-state index in [1.807, 2.05) is 0 Å². The highest BCUT2D eigenvalue weighted by molar-refractivity contribution is 6.32. The zero-order valence-electron chi connectivity index (χ0n) is 7.98. The van der Waals surface area contributed by atoms with Crippen LogP contribution < -0.4 is 0 Å². The first kappa shape index (κ1) is 9.94. The topological polar surface area (TPSA) is 20.2 Å². The lowest BCUT2D eigenvalue weighted by Crippen LogP contribution is -2.34. The third kappa shape index (κ3) is 1.43. The van der Waals surface area contributed by atoms with Crippen LogP contribution in [0.5, 0.6) is 0 Å². The van der Waals surface area contributed by atoms with Crippen molar-refractivity contribution in [2.45, 2.75) is 31.8 Å². The number of aliphatic hydroxyl groups is 1. The van der Waals surface area contributed by atoms with Gasteiger partial charge in [-0.15, -0.1) is 0 Å². The van der Waals surface area contributed by atoms with Crippen molar-refractivity contribution in [3.05, 3.63) is 34.1 Å². The molecule has 1 aromatic carbocycles. The maximum absolute atomic E-state index is 13.1. The molecule has 0 spiro atoms. The molecule has 1 aliphatic carbocycles. The highest BCUT2D eigenvalue weighted by Crippen LogP contribution is 2.44. The summed E-state index contributed by atoms with van der Waals surface area (Å²) >= 11 is 6.04. The van der Waals surface area contributed by atoms with Gasteiger partial charge in [-0.2, -0.15) is 0 Å². The molecular formula is C11H12ClFO. The summed E-state index contributed by atoms with van der Waals surface area (Å²) in [5.41, 5.74) is 0.342. The van der Waals surface area contributed by atoms with Crippen LogP contribution in [0, 0.1) is 12.7 Å². The third-order valence-corrected chi connectivity index (χ3v) is 3.40. The average molecular weight is 215 g/mol. The van der Waals surface area contributed by atoms with Gasteiger partial charge in [0.05, 0.1) is 5.60 Å². The van der Waals surface area contributed by atoms with E-state index < -0.39 is 5.60 Å². The molecule has 1 N–H and O–H groups in total. The van der Waals surface area contributed by atoms with E-state index in [1.54, 1.807) is 6.92 Å². The van der Waals surface area contributed by atoms with E-state index in [-0.39, 0.29) is 5.82 Å². The summed E-state index contributed by atoms with van der Waals surface area (Å²) < 4.78 is 13.1. The van der Waals surface area contributed by atoms with E-state index in [2.05, 4.69) is 0 Å². The first-order valence-electron chi connectivity index (χ1n) is 4.71. The second kappa shape index (κ2) is 3.21. The van der Waals surface area contributed by atoms with Crippen LogP contribution in [0.4, 0.5) is 4.39 Å². The van der Waals surface area contributed by atoms with Crippen LogP contribution in [0.2, 0.25) is 5.02 Å². The quantitative estimate of drug-likeness (QED) is 0.762. The number of benzene rings is 1. The lowest BCUT2D eigenvalue weighted by Gasteiger charge is -2.37. The van der Waals surface area contributed by atoms with E-state index in [0.29, 0.717) is 29.0 Å². The van der Waals surface area contributed by atoms with Crippen LogP contribution in [0.1, 0.15) is 30.4 Å². The van der Waals surface area contributed by atoms with Crippen molar-refractivity contribution in [2.75, 3.05) is 0 Å². The molecule has 1 saturated carbocycles. The van der Waals surface area contributed by atoms with Gasteiger partial charge in [0, 0.05) is 10.6 Å². The molecule has 0 heterocycles. The molecule has 3 heteroatoms. The predicted molar refractivity (Wildman–Crippen MR) is 53.9 cm³/mol. The van der Waals surface area contributed by atoms with Crippen LogP contribution in [-0.4, -0.2) is 5.11 Å². The molecule has 0 unspecified atom stereocenters. The van der Waals surface area contributed by atoms with Crippen molar-refractivity contribution in [3.8, 4) is 0 Å². The van der Waals surface area contributed by atoms with E-state index in [9.17, 15) is 9.50 Å². The normalized spacial score (nSPS) is 19.1. The highest BCUT2D eigenvalue weighted by atomic mass is 35.5. The Kier molecular flexibility index (Phi) is 2.28. The van der Waals surface area contributed by atoms with Gasteiger partial charge in [-0.25, -0.2) is 4.39 Å². The summed E-state index contributed by atoms with van der Waals surface area (Å²) in [5, 5.41) is 10.6. The molecule has 1 aromatic rings. The molecule has 1 nitrogen and oxygen atoms in total.